The molecule has 172 valence electrons. The molecule has 2 N–H and O–H groups in total. The Balaban J connectivity index is 1.72. The Hall–Kier alpha value is -3.02. The van der Waals surface area contributed by atoms with Crippen LogP contribution < -0.4 is 14.8 Å². The van der Waals surface area contributed by atoms with Crippen molar-refractivity contribution in [2.75, 3.05) is 13.7 Å². The number of rotatable bonds is 8. The fraction of sp³-hybridized carbons (Fsp3) is 0.462. The molecule has 0 saturated heterocycles. The molecule has 0 bridgehead atoms. The fourth-order valence-electron chi connectivity index (χ4n) is 4.27. The molecule has 0 spiro atoms. The lowest BCUT2D eigenvalue weighted by atomic mass is 9.83. The minimum Gasteiger partial charge on any atom is -0.493 e. The van der Waals surface area contributed by atoms with E-state index in [0.717, 1.165) is 38.5 Å². The standard InChI is InChI=1S/C26H33NO5/c1-19-9-8-10-20(17-19)13-16-32-23-18-21(11-12-22(23)31-2)24(28)27-26(25(29)30)14-6-4-3-5-7-15-26/h8-12,17-18H,3-7,13-16H2,1-2H3,(H,27,28)(H,29,30). The number of hydrogen-bond donors (Lipinski definition) is 2. The SMILES string of the molecule is COc1ccc(C(=O)NC2(C(=O)O)CCCCCCC2)cc1OCCc1cccc(C)c1. The first-order valence-corrected chi connectivity index (χ1v) is 11.4. The Bertz CT molecular complexity index is 932. The molecule has 0 aromatic heterocycles. The van der Waals surface area contributed by atoms with Crippen molar-refractivity contribution >= 4 is 11.9 Å². The van der Waals surface area contributed by atoms with Crippen molar-refractivity contribution in [2.45, 2.75) is 63.8 Å². The van der Waals surface area contributed by atoms with Crippen LogP contribution in [0.15, 0.2) is 42.5 Å². The van der Waals surface area contributed by atoms with E-state index in [-0.39, 0.29) is 0 Å². The molecule has 1 fully saturated rings. The van der Waals surface area contributed by atoms with Crippen molar-refractivity contribution in [1.29, 1.82) is 0 Å². The number of nitrogens with one attached hydrogen (secondary N) is 1. The van der Waals surface area contributed by atoms with Gasteiger partial charge in [0.15, 0.2) is 11.5 Å². The topological polar surface area (TPSA) is 84.9 Å². The maximum absolute atomic E-state index is 13.0. The van der Waals surface area contributed by atoms with Crippen LogP contribution in [0.2, 0.25) is 0 Å². The Labute approximate surface area is 189 Å². The second kappa shape index (κ2) is 11.0. The Morgan fingerprint density at radius 1 is 1.00 bits per heavy atom. The van der Waals surface area contributed by atoms with Gasteiger partial charge in [-0.3, -0.25) is 4.79 Å². The van der Waals surface area contributed by atoms with Crippen LogP contribution in [-0.4, -0.2) is 36.2 Å². The normalized spacial score (nSPS) is 15.8. The maximum atomic E-state index is 13.0. The van der Waals surface area contributed by atoms with E-state index >= 15 is 0 Å². The molecule has 0 aliphatic heterocycles. The van der Waals surface area contributed by atoms with Crippen LogP contribution in [0.4, 0.5) is 0 Å². The molecule has 1 aliphatic rings. The molecule has 6 heteroatoms. The van der Waals surface area contributed by atoms with Crippen molar-refractivity contribution < 1.29 is 24.2 Å². The van der Waals surface area contributed by atoms with E-state index in [9.17, 15) is 14.7 Å². The van der Waals surface area contributed by atoms with Crippen LogP contribution in [0.3, 0.4) is 0 Å². The molecular weight excluding hydrogens is 406 g/mol. The van der Waals surface area contributed by atoms with Gasteiger partial charge in [0.1, 0.15) is 5.54 Å². The number of methoxy groups -OCH3 is 1. The van der Waals surface area contributed by atoms with E-state index in [4.69, 9.17) is 9.47 Å². The van der Waals surface area contributed by atoms with Gasteiger partial charge in [-0.15, -0.1) is 0 Å². The fourth-order valence-corrected chi connectivity index (χ4v) is 4.27. The Morgan fingerprint density at radius 3 is 2.38 bits per heavy atom. The third kappa shape index (κ3) is 6.02. The van der Waals surface area contributed by atoms with Gasteiger partial charge >= 0.3 is 5.97 Å². The molecule has 3 rings (SSSR count). The second-order valence-corrected chi connectivity index (χ2v) is 8.56. The summed E-state index contributed by atoms with van der Waals surface area (Å²) in [5.74, 6) is -0.366. The van der Waals surface area contributed by atoms with Crippen molar-refractivity contribution in [1.82, 2.24) is 5.32 Å². The highest BCUT2D eigenvalue weighted by atomic mass is 16.5. The molecule has 2 aromatic carbocycles. The third-order valence-corrected chi connectivity index (χ3v) is 6.13. The van der Waals surface area contributed by atoms with Gasteiger partial charge in [0.05, 0.1) is 13.7 Å². The number of aryl methyl sites for hydroxylation is 1. The van der Waals surface area contributed by atoms with Crippen LogP contribution in [0, 0.1) is 6.92 Å². The molecular formula is C26H33NO5. The summed E-state index contributed by atoms with van der Waals surface area (Å²) < 4.78 is 11.3. The number of hydrogen-bond acceptors (Lipinski definition) is 4. The maximum Gasteiger partial charge on any atom is 0.329 e. The first kappa shape index (κ1) is 23.6. The minimum absolute atomic E-state index is 0.360. The average Bonchev–Trinajstić information content (AvgIpc) is 2.75. The number of ether oxygens (including phenoxy) is 2. The Kier molecular flexibility index (Phi) is 8.14. The molecule has 0 radical (unpaired) electrons. The van der Waals surface area contributed by atoms with E-state index < -0.39 is 17.4 Å². The molecule has 1 aliphatic carbocycles. The lowest BCUT2D eigenvalue weighted by Crippen LogP contribution is -2.54. The van der Waals surface area contributed by atoms with E-state index in [1.807, 2.05) is 6.07 Å². The summed E-state index contributed by atoms with van der Waals surface area (Å²) in [6.07, 6.45) is 6.31. The molecule has 1 saturated carbocycles. The first-order valence-electron chi connectivity index (χ1n) is 11.4. The van der Waals surface area contributed by atoms with Crippen LogP contribution in [-0.2, 0) is 11.2 Å². The van der Waals surface area contributed by atoms with Crippen LogP contribution >= 0.6 is 0 Å². The van der Waals surface area contributed by atoms with E-state index in [2.05, 4.69) is 30.4 Å². The van der Waals surface area contributed by atoms with Crippen LogP contribution in [0.1, 0.15) is 66.4 Å². The zero-order valence-corrected chi connectivity index (χ0v) is 19.0. The monoisotopic (exact) mass is 439 g/mol. The predicted molar refractivity (Wildman–Crippen MR) is 124 cm³/mol. The molecule has 0 unspecified atom stereocenters. The van der Waals surface area contributed by atoms with Crippen LogP contribution in [0.5, 0.6) is 11.5 Å². The summed E-state index contributed by atoms with van der Waals surface area (Å²) in [5, 5.41) is 12.8. The highest BCUT2D eigenvalue weighted by Gasteiger charge is 2.39. The summed E-state index contributed by atoms with van der Waals surface area (Å²) in [4.78, 5) is 25.2. The van der Waals surface area contributed by atoms with Gasteiger partial charge in [-0.1, -0.05) is 61.9 Å². The average molecular weight is 440 g/mol. The molecule has 32 heavy (non-hydrogen) atoms. The van der Waals surface area contributed by atoms with E-state index in [1.165, 1.54) is 11.1 Å². The predicted octanol–water partition coefficient (Wildman–Crippen LogP) is 4.92. The number of carbonyl (C=O) groups is 2. The number of amides is 1. The van der Waals surface area contributed by atoms with Gasteiger partial charge < -0.3 is 19.9 Å². The largest absolute Gasteiger partial charge is 0.493 e. The molecule has 1 amide bonds. The lowest BCUT2D eigenvalue weighted by Gasteiger charge is -2.32. The van der Waals surface area contributed by atoms with Gasteiger partial charge in [-0.05, 0) is 43.5 Å². The Morgan fingerprint density at radius 2 is 1.72 bits per heavy atom. The van der Waals surface area contributed by atoms with Gasteiger partial charge in [-0.2, -0.15) is 0 Å². The van der Waals surface area contributed by atoms with Gasteiger partial charge in [0.2, 0.25) is 0 Å². The van der Waals surface area contributed by atoms with Gasteiger partial charge in [0, 0.05) is 12.0 Å². The third-order valence-electron chi connectivity index (χ3n) is 6.13. The van der Waals surface area contributed by atoms with Crippen molar-refractivity contribution in [2.24, 2.45) is 0 Å². The number of benzene rings is 2. The van der Waals surface area contributed by atoms with Crippen molar-refractivity contribution in [3.8, 4) is 11.5 Å². The lowest BCUT2D eigenvalue weighted by molar-refractivity contribution is -0.145. The van der Waals surface area contributed by atoms with Gasteiger partial charge in [-0.25, -0.2) is 4.79 Å². The summed E-state index contributed by atoms with van der Waals surface area (Å²) in [6.45, 7) is 2.49. The number of carboxylic acids is 1. The summed E-state index contributed by atoms with van der Waals surface area (Å²) in [7, 11) is 1.55. The number of carboxylic acid groups (broad SMARTS) is 1. The zero-order valence-electron chi connectivity index (χ0n) is 19.0. The second-order valence-electron chi connectivity index (χ2n) is 8.56. The molecule has 2 aromatic rings. The molecule has 0 heterocycles. The highest BCUT2D eigenvalue weighted by Crippen LogP contribution is 2.30. The molecule has 0 atom stereocenters. The number of aliphatic carboxylic acids is 1. The van der Waals surface area contributed by atoms with Crippen molar-refractivity contribution in [3.05, 3.63) is 59.2 Å². The minimum atomic E-state index is -1.22. The first-order chi connectivity index (χ1) is 15.4. The van der Waals surface area contributed by atoms with E-state index in [0.29, 0.717) is 36.5 Å². The van der Waals surface area contributed by atoms with Crippen molar-refractivity contribution in [3.63, 3.8) is 0 Å². The van der Waals surface area contributed by atoms with E-state index in [1.54, 1.807) is 25.3 Å². The smallest absolute Gasteiger partial charge is 0.329 e. The number of carbonyl (C=O) groups excluding carboxylic acids is 1. The highest BCUT2D eigenvalue weighted by molar-refractivity contribution is 5.98. The summed E-state index contributed by atoms with van der Waals surface area (Å²) >= 11 is 0. The zero-order chi connectivity index (χ0) is 23.0. The summed E-state index contributed by atoms with van der Waals surface area (Å²) in [6, 6.07) is 13.2. The summed E-state index contributed by atoms with van der Waals surface area (Å²) in [5.41, 5.74) is 1.51. The van der Waals surface area contributed by atoms with Gasteiger partial charge in [0.25, 0.3) is 5.91 Å². The quantitative estimate of drug-likeness (QED) is 0.610. The molecule has 6 nitrogen and oxygen atoms in total. The van der Waals surface area contributed by atoms with Crippen LogP contribution in [0.25, 0.3) is 0 Å².